The fraction of sp³-hybridized carbons (Fsp3) is 0.100. The van der Waals surface area contributed by atoms with Gasteiger partial charge < -0.3 is 15.7 Å². The second kappa shape index (κ2) is 6.94. The summed E-state index contributed by atoms with van der Waals surface area (Å²) in [5.74, 6) is -1.24. The van der Waals surface area contributed by atoms with Gasteiger partial charge in [-0.15, -0.1) is 0 Å². The van der Waals surface area contributed by atoms with E-state index in [-0.39, 0.29) is 11.5 Å². The first-order valence-electron chi connectivity index (χ1n) is 8.50. The summed E-state index contributed by atoms with van der Waals surface area (Å²) >= 11 is 6.08. The fourth-order valence-electron chi connectivity index (χ4n) is 3.02. The standard InChI is InChI=1S/C20H15ClN4O3/c1-10-15-9-22-20(23-13-5-2-11(3-6-13)19(27)28)25-17(15)14-7-4-12(21)8-16(14)24-18(10)26/h2-10H,1H3,(H,24,26)(H,27,28)(H,22,23,25)/t10-/m1/s1. The minimum Gasteiger partial charge on any atom is -0.478 e. The van der Waals surface area contributed by atoms with Crippen LogP contribution in [0.15, 0.2) is 48.7 Å². The molecule has 1 aromatic heterocycles. The smallest absolute Gasteiger partial charge is 0.335 e. The number of amides is 1. The van der Waals surface area contributed by atoms with Gasteiger partial charge in [0.05, 0.1) is 22.9 Å². The first-order chi connectivity index (χ1) is 13.4. The highest BCUT2D eigenvalue weighted by molar-refractivity contribution is 6.31. The summed E-state index contributed by atoms with van der Waals surface area (Å²) in [6.45, 7) is 1.79. The Hall–Kier alpha value is -3.45. The molecule has 0 fully saturated rings. The molecule has 2 heterocycles. The number of carboxylic acids is 1. The minimum absolute atomic E-state index is 0.157. The van der Waals surface area contributed by atoms with E-state index in [1.165, 1.54) is 12.1 Å². The molecule has 1 aliphatic heterocycles. The van der Waals surface area contributed by atoms with Crippen LogP contribution >= 0.6 is 11.6 Å². The van der Waals surface area contributed by atoms with Crippen molar-refractivity contribution < 1.29 is 14.7 Å². The number of nitrogens with zero attached hydrogens (tertiary/aromatic N) is 2. The lowest BCUT2D eigenvalue weighted by molar-refractivity contribution is -0.117. The number of nitrogens with one attached hydrogen (secondary N) is 2. The number of aromatic nitrogens is 2. The van der Waals surface area contributed by atoms with E-state index >= 15 is 0 Å². The average Bonchev–Trinajstić information content (AvgIpc) is 2.77. The van der Waals surface area contributed by atoms with E-state index in [2.05, 4.69) is 20.6 Å². The van der Waals surface area contributed by atoms with Gasteiger partial charge in [-0.2, -0.15) is 0 Å². The number of carboxylic acid groups (broad SMARTS) is 1. The number of benzene rings is 2. The molecule has 2 aromatic carbocycles. The fourth-order valence-corrected chi connectivity index (χ4v) is 3.19. The highest BCUT2D eigenvalue weighted by Crippen LogP contribution is 2.38. The molecule has 0 aliphatic carbocycles. The number of carbonyl (C=O) groups excluding carboxylic acids is 1. The molecule has 0 bridgehead atoms. The van der Waals surface area contributed by atoms with Gasteiger partial charge in [-0.3, -0.25) is 4.79 Å². The first-order valence-corrected chi connectivity index (χ1v) is 8.88. The molecule has 0 saturated heterocycles. The molecule has 0 radical (unpaired) electrons. The van der Waals surface area contributed by atoms with Gasteiger partial charge in [0.2, 0.25) is 11.9 Å². The molecule has 7 nitrogen and oxygen atoms in total. The molecule has 0 spiro atoms. The average molecular weight is 395 g/mol. The molecule has 3 N–H and O–H groups in total. The van der Waals surface area contributed by atoms with Crippen LogP contribution < -0.4 is 10.6 Å². The Morgan fingerprint density at radius 3 is 2.68 bits per heavy atom. The Balaban J connectivity index is 1.75. The Morgan fingerprint density at radius 1 is 1.21 bits per heavy atom. The van der Waals surface area contributed by atoms with Crippen LogP contribution in [-0.2, 0) is 4.79 Å². The van der Waals surface area contributed by atoms with Crippen LogP contribution in [0.4, 0.5) is 17.3 Å². The van der Waals surface area contributed by atoms with E-state index in [1.807, 2.05) is 6.07 Å². The molecule has 1 amide bonds. The zero-order valence-corrected chi connectivity index (χ0v) is 15.5. The van der Waals surface area contributed by atoms with Crippen molar-refractivity contribution in [2.24, 2.45) is 0 Å². The molecular formula is C20H15ClN4O3. The lowest BCUT2D eigenvalue weighted by atomic mass is 9.98. The molecule has 3 aromatic rings. The van der Waals surface area contributed by atoms with Crippen molar-refractivity contribution in [3.05, 3.63) is 64.8 Å². The summed E-state index contributed by atoms with van der Waals surface area (Å²) in [6.07, 6.45) is 1.63. The van der Waals surface area contributed by atoms with Gasteiger partial charge in [0.25, 0.3) is 0 Å². The predicted octanol–water partition coefficient (Wildman–Crippen LogP) is 4.29. The molecular weight excluding hydrogens is 380 g/mol. The third kappa shape index (κ3) is 3.27. The van der Waals surface area contributed by atoms with Gasteiger partial charge in [-0.05, 0) is 49.4 Å². The molecule has 0 saturated carbocycles. The number of carbonyl (C=O) groups is 2. The Kier molecular flexibility index (Phi) is 4.44. The normalized spacial score (nSPS) is 15.1. The van der Waals surface area contributed by atoms with E-state index in [0.29, 0.717) is 33.6 Å². The van der Waals surface area contributed by atoms with Crippen molar-refractivity contribution >= 4 is 40.8 Å². The van der Waals surface area contributed by atoms with Crippen LogP contribution in [0, 0.1) is 0 Å². The van der Waals surface area contributed by atoms with Crippen LogP contribution in [0.5, 0.6) is 0 Å². The van der Waals surface area contributed by atoms with Gasteiger partial charge in [0.1, 0.15) is 0 Å². The van der Waals surface area contributed by atoms with Crippen molar-refractivity contribution in [2.75, 3.05) is 10.6 Å². The van der Waals surface area contributed by atoms with Crippen LogP contribution in [0.2, 0.25) is 5.02 Å². The van der Waals surface area contributed by atoms with Crippen molar-refractivity contribution in [2.45, 2.75) is 12.8 Å². The van der Waals surface area contributed by atoms with E-state index in [4.69, 9.17) is 16.7 Å². The van der Waals surface area contributed by atoms with E-state index in [0.717, 1.165) is 5.56 Å². The largest absolute Gasteiger partial charge is 0.478 e. The number of halogens is 1. The minimum atomic E-state index is -0.991. The van der Waals surface area contributed by atoms with Crippen molar-refractivity contribution in [3.63, 3.8) is 0 Å². The summed E-state index contributed by atoms with van der Waals surface area (Å²) in [4.78, 5) is 32.3. The molecule has 8 heteroatoms. The van der Waals surface area contributed by atoms with E-state index in [1.54, 1.807) is 37.4 Å². The zero-order valence-electron chi connectivity index (χ0n) is 14.7. The van der Waals surface area contributed by atoms with Crippen LogP contribution in [0.25, 0.3) is 11.3 Å². The molecule has 1 aliphatic rings. The summed E-state index contributed by atoms with van der Waals surface area (Å²) < 4.78 is 0. The highest BCUT2D eigenvalue weighted by atomic mass is 35.5. The highest BCUT2D eigenvalue weighted by Gasteiger charge is 2.27. The number of rotatable bonds is 3. The molecule has 140 valence electrons. The summed E-state index contributed by atoms with van der Waals surface area (Å²) in [7, 11) is 0. The number of fused-ring (bicyclic) bond motifs is 3. The lowest BCUT2D eigenvalue weighted by Crippen LogP contribution is -2.17. The van der Waals surface area contributed by atoms with Gasteiger partial charge in [-0.25, -0.2) is 14.8 Å². The number of hydrogen-bond acceptors (Lipinski definition) is 5. The maximum absolute atomic E-state index is 12.4. The Morgan fingerprint density at radius 2 is 1.96 bits per heavy atom. The zero-order chi connectivity index (χ0) is 19.8. The van der Waals surface area contributed by atoms with Crippen molar-refractivity contribution in [1.29, 1.82) is 0 Å². The van der Waals surface area contributed by atoms with Gasteiger partial charge >= 0.3 is 5.97 Å². The molecule has 0 unspecified atom stereocenters. The van der Waals surface area contributed by atoms with E-state index < -0.39 is 11.9 Å². The summed E-state index contributed by atoms with van der Waals surface area (Å²) in [5.41, 5.74) is 3.54. The van der Waals surface area contributed by atoms with Crippen LogP contribution in [-0.4, -0.2) is 27.0 Å². The monoisotopic (exact) mass is 394 g/mol. The molecule has 28 heavy (non-hydrogen) atoms. The van der Waals surface area contributed by atoms with Gasteiger partial charge in [0.15, 0.2) is 0 Å². The molecule has 1 atom stereocenters. The maximum Gasteiger partial charge on any atom is 0.335 e. The van der Waals surface area contributed by atoms with Gasteiger partial charge in [0, 0.05) is 28.0 Å². The SMILES string of the molecule is C[C@H]1C(=O)Nc2cc(Cl)ccc2-c2nc(Nc3ccc(C(=O)O)cc3)ncc21. The lowest BCUT2D eigenvalue weighted by Gasteiger charge is -2.12. The topological polar surface area (TPSA) is 104 Å². The van der Waals surface area contributed by atoms with E-state index in [9.17, 15) is 9.59 Å². The second-order valence-corrected chi connectivity index (χ2v) is 6.84. The Bertz CT molecular complexity index is 1100. The van der Waals surface area contributed by atoms with Gasteiger partial charge in [-0.1, -0.05) is 11.6 Å². The Labute approximate surface area is 165 Å². The third-order valence-electron chi connectivity index (χ3n) is 4.56. The quantitative estimate of drug-likeness (QED) is 0.612. The van der Waals surface area contributed by atoms with Crippen molar-refractivity contribution in [3.8, 4) is 11.3 Å². The molecule has 4 rings (SSSR count). The van der Waals surface area contributed by atoms with Crippen LogP contribution in [0.1, 0.15) is 28.8 Å². The number of hydrogen-bond donors (Lipinski definition) is 3. The van der Waals surface area contributed by atoms with Crippen LogP contribution in [0.3, 0.4) is 0 Å². The third-order valence-corrected chi connectivity index (χ3v) is 4.79. The second-order valence-electron chi connectivity index (χ2n) is 6.41. The first kappa shape index (κ1) is 17.9. The maximum atomic E-state index is 12.4. The summed E-state index contributed by atoms with van der Waals surface area (Å²) in [5, 5.41) is 15.5. The predicted molar refractivity (Wildman–Crippen MR) is 106 cm³/mol. The summed E-state index contributed by atoms with van der Waals surface area (Å²) in [6, 6.07) is 11.5. The van der Waals surface area contributed by atoms with Crippen molar-refractivity contribution in [1.82, 2.24) is 9.97 Å². The number of anilines is 3. The number of aromatic carboxylic acids is 1.